The molecule has 114 valence electrons. The number of aryl methyl sites for hydroxylation is 2. The molecule has 1 amide bonds. The lowest BCUT2D eigenvalue weighted by Gasteiger charge is -2.14. The normalized spacial score (nSPS) is 10.3. The predicted octanol–water partition coefficient (Wildman–Crippen LogP) is 2.01. The highest BCUT2D eigenvalue weighted by molar-refractivity contribution is 5.92. The van der Waals surface area contributed by atoms with Crippen LogP contribution < -0.4 is 10.7 Å². The number of nitrogens with one attached hydrogen (secondary N) is 1. The van der Waals surface area contributed by atoms with Gasteiger partial charge in [0.05, 0.1) is 4.92 Å². The highest BCUT2D eigenvalue weighted by Gasteiger charge is 2.15. The Hall–Kier alpha value is -2.96. The fourth-order valence-corrected chi connectivity index (χ4v) is 2.21. The molecule has 2 rings (SSSR count). The summed E-state index contributed by atoms with van der Waals surface area (Å²) >= 11 is 0. The Morgan fingerprint density at radius 1 is 1.23 bits per heavy atom. The lowest BCUT2D eigenvalue weighted by molar-refractivity contribution is -0.383. The average Bonchev–Trinajstić information content (AvgIpc) is 2.43. The zero-order chi connectivity index (χ0) is 16.3. The third-order valence-electron chi connectivity index (χ3n) is 3.23. The highest BCUT2D eigenvalue weighted by Crippen LogP contribution is 2.23. The summed E-state index contributed by atoms with van der Waals surface area (Å²) < 4.78 is 1.67. The number of carbonyl (C=O) groups excluding carboxylic acids is 1. The van der Waals surface area contributed by atoms with Crippen LogP contribution >= 0.6 is 0 Å². The quantitative estimate of drug-likeness (QED) is 0.690. The number of aromatic nitrogens is 1. The van der Waals surface area contributed by atoms with Gasteiger partial charge >= 0.3 is 0 Å². The zero-order valence-corrected chi connectivity index (χ0v) is 12.2. The molecule has 22 heavy (non-hydrogen) atoms. The number of amides is 1. The molecule has 0 fully saturated rings. The van der Waals surface area contributed by atoms with Crippen LogP contribution in [0, 0.1) is 24.0 Å². The summed E-state index contributed by atoms with van der Waals surface area (Å²) in [7, 11) is 0. The Morgan fingerprint density at radius 2 is 1.82 bits per heavy atom. The molecule has 0 saturated heterocycles. The number of pyridine rings is 1. The van der Waals surface area contributed by atoms with Gasteiger partial charge in [-0.2, -0.15) is 0 Å². The first-order valence-electron chi connectivity index (χ1n) is 6.60. The fraction of sp³-hybridized carbons (Fsp3) is 0.200. The molecule has 0 aliphatic rings. The highest BCUT2D eigenvalue weighted by atomic mass is 16.6. The van der Waals surface area contributed by atoms with Crippen LogP contribution in [0.1, 0.15) is 11.4 Å². The largest absolute Gasteiger partial charge is 0.340 e. The van der Waals surface area contributed by atoms with Gasteiger partial charge in [-0.15, -0.1) is 0 Å². The molecule has 0 saturated carbocycles. The van der Waals surface area contributed by atoms with Crippen molar-refractivity contribution in [3.8, 4) is 0 Å². The van der Waals surface area contributed by atoms with E-state index in [2.05, 4.69) is 5.32 Å². The second kappa shape index (κ2) is 6.21. The Morgan fingerprint density at radius 3 is 2.41 bits per heavy atom. The second-order valence-electron chi connectivity index (χ2n) is 4.88. The van der Waals surface area contributed by atoms with Gasteiger partial charge in [0.15, 0.2) is 5.43 Å². The molecule has 0 aliphatic heterocycles. The molecule has 1 aromatic heterocycles. The van der Waals surface area contributed by atoms with Crippen LogP contribution in [0.5, 0.6) is 0 Å². The average molecular weight is 301 g/mol. The molecule has 1 N–H and O–H groups in total. The van der Waals surface area contributed by atoms with Crippen molar-refractivity contribution < 1.29 is 9.72 Å². The van der Waals surface area contributed by atoms with E-state index in [1.807, 2.05) is 0 Å². The molecule has 7 heteroatoms. The van der Waals surface area contributed by atoms with Crippen LogP contribution in [0.4, 0.5) is 11.4 Å². The van der Waals surface area contributed by atoms with Crippen molar-refractivity contribution in [3.05, 3.63) is 68.1 Å². The molecule has 0 atom stereocenters. The SMILES string of the molecule is Cc1cc(=O)cc(C)n1CC(=O)Nc1ccccc1[N+](=O)[O-]. The molecule has 7 nitrogen and oxygen atoms in total. The van der Waals surface area contributed by atoms with E-state index in [0.717, 1.165) is 0 Å². The van der Waals surface area contributed by atoms with Gasteiger partial charge in [0, 0.05) is 29.6 Å². The maximum Gasteiger partial charge on any atom is 0.292 e. The van der Waals surface area contributed by atoms with Crippen LogP contribution in [0.25, 0.3) is 0 Å². The number of nitro groups is 1. The molecular formula is C15H15N3O4. The number of nitro benzene ring substituents is 1. The van der Waals surface area contributed by atoms with Crippen molar-refractivity contribution in [2.24, 2.45) is 0 Å². The summed E-state index contributed by atoms with van der Waals surface area (Å²) in [5.41, 5.74) is 1.17. The van der Waals surface area contributed by atoms with Crippen molar-refractivity contribution in [3.63, 3.8) is 0 Å². The van der Waals surface area contributed by atoms with Crippen LogP contribution in [0.2, 0.25) is 0 Å². The lowest BCUT2D eigenvalue weighted by Crippen LogP contribution is -2.23. The molecule has 1 aromatic carbocycles. The Kier molecular flexibility index (Phi) is 4.36. The van der Waals surface area contributed by atoms with Gasteiger partial charge in [-0.3, -0.25) is 19.7 Å². The van der Waals surface area contributed by atoms with Crippen molar-refractivity contribution in [1.29, 1.82) is 0 Å². The number of hydrogen-bond acceptors (Lipinski definition) is 4. The minimum atomic E-state index is -0.550. The first-order chi connectivity index (χ1) is 10.4. The van der Waals surface area contributed by atoms with E-state index in [-0.39, 0.29) is 23.3 Å². The van der Waals surface area contributed by atoms with Crippen molar-refractivity contribution in [1.82, 2.24) is 4.57 Å². The number of rotatable bonds is 4. The standard InChI is InChI=1S/C15H15N3O4/c1-10-7-12(19)8-11(2)17(10)9-15(20)16-13-5-3-4-6-14(13)18(21)22/h3-8H,9H2,1-2H3,(H,16,20). The van der Waals surface area contributed by atoms with Crippen LogP contribution in [0.15, 0.2) is 41.2 Å². The van der Waals surface area contributed by atoms with E-state index >= 15 is 0 Å². The maximum absolute atomic E-state index is 12.1. The Labute approximate surface area is 126 Å². The summed E-state index contributed by atoms with van der Waals surface area (Å²) in [6, 6.07) is 8.81. The number of hydrogen-bond donors (Lipinski definition) is 1. The molecule has 0 unspecified atom stereocenters. The van der Waals surface area contributed by atoms with E-state index in [1.165, 1.54) is 30.3 Å². The third kappa shape index (κ3) is 3.38. The summed E-state index contributed by atoms with van der Waals surface area (Å²) in [6.07, 6.45) is 0. The van der Waals surface area contributed by atoms with Crippen molar-refractivity contribution >= 4 is 17.3 Å². The fourth-order valence-electron chi connectivity index (χ4n) is 2.21. The van der Waals surface area contributed by atoms with Crippen molar-refractivity contribution in [2.75, 3.05) is 5.32 Å². The molecule has 0 radical (unpaired) electrons. The first kappa shape index (κ1) is 15.4. The van der Waals surface area contributed by atoms with E-state index in [9.17, 15) is 19.7 Å². The monoisotopic (exact) mass is 301 g/mol. The number of benzene rings is 1. The molecule has 0 bridgehead atoms. The molecular weight excluding hydrogens is 286 g/mol. The number of para-hydroxylation sites is 2. The number of anilines is 1. The minimum absolute atomic E-state index is 0.0238. The van der Waals surface area contributed by atoms with Gasteiger partial charge in [-0.05, 0) is 19.9 Å². The van der Waals surface area contributed by atoms with E-state index < -0.39 is 10.8 Å². The van der Waals surface area contributed by atoms with E-state index in [0.29, 0.717) is 11.4 Å². The topological polar surface area (TPSA) is 94.2 Å². The van der Waals surface area contributed by atoms with Gasteiger partial charge in [-0.25, -0.2) is 0 Å². The zero-order valence-electron chi connectivity index (χ0n) is 12.2. The number of carbonyl (C=O) groups is 1. The first-order valence-corrected chi connectivity index (χ1v) is 6.60. The van der Waals surface area contributed by atoms with E-state index in [1.54, 1.807) is 24.5 Å². The molecule has 2 aromatic rings. The minimum Gasteiger partial charge on any atom is -0.340 e. The molecule has 0 aliphatic carbocycles. The van der Waals surface area contributed by atoms with Crippen LogP contribution in [0.3, 0.4) is 0 Å². The van der Waals surface area contributed by atoms with Gasteiger partial charge < -0.3 is 9.88 Å². The Bertz CT molecular complexity index is 769. The van der Waals surface area contributed by atoms with E-state index in [4.69, 9.17) is 0 Å². The van der Waals surface area contributed by atoms with Gasteiger partial charge in [0.2, 0.25) is 5.91 Å². The number of nitrogens with zero attached hydrogens (tertiary/aromatic N) is 2. The van der Waals surface area contributed by atoms with Gasteiger partial charge in [0.25, 0.3) is 5.69 Å². The van der Waals surface area contributed by atoms with Crippen LogP contribution in [-0.4, -0.2) is 15.4 Å². The summed E-state index contributed by atoms with van der Waals surface area (Å²) in [5, 5.41) is 13.5. The molecule has 1 heterocycles. The summed E-state index contributed by atoms with van der Waals surface area (Å²) in [5.74, 6) is -0.399. The van der Waals surface area contributed by atoms with Crippen molar-refractivity contribution in [2.45, 2.75) is 20.4 Å². The summed E-state index contributed by atoms with van der Waals surface area (Å²) in [4.78, 5) is 33.9. The predicted molar refractivity (Wildman–Crippen MR) is 81.9 cm³/mol. The maximum atomic E-state index is 12.1. The Balaban J connectivity index is 2.22. The van der Waals surface area contributed by atoms with Crippen LogP contribution in [-0.2, 0) is 11.3 Å². The lowest BCUT2D eigenvalue weighted by atomic mass is 10.2. The third-order valence-corrected chi connectivity index (χ3v) is 3.23. The second-order valence-corrected chi connectivity index (χ2v) is 4.88. The summed E-state index contributed by atoms with van der Waals surface area (Å²) in [6.45, 7) is 3.43. The smallest absolute Gasteiger partial charge is 0.292 e. The van der Waals surface area contributed by atoms with Gasteiger partial charge in [-0.1, -0.05) is 12.1 Å². The molecule has 0 spiro atoms. The van der Waals surface area contributed by atoms with Gasteiger partial charge in [0.1, 0.15) is 12.2 Å².